The fourth-order valence-electron chi connectivity index (χ4n) is 2.61. The van der Waals surface area contributed by atoms with Gasteiger partial charge in [-0.2, -0.15) is 10.5 Å². The Morgan fingerprint density at radius 2 is 2.17 bits per heavy atom. The van der Waals surface area contributed by atoms with E-state index in [1.54, 1.807) is 39.0 Å². The van der Waals surface area contributed by atoms with Crippen LogP contribution >= 0.6 is 0 Å². The molecule has 2 atom stereocenters. The molecule has 0 saturated heterocycles. The van der Waals surface area contributed by atoms with Gasteiger partial charge in [0.2, 0.25) is 5.96 Å². The summed E-state index contributed by atoms with van der Waals surface area (Å²) in [5, 5.41) is 29.3. The number of ether oxygens (including phenoxy) is 1. The molecule has 23 heavy (non-hydrogen) atoms. The number of nitrogens with zero attached hydrogens (tertiary/aromatic N) is 4. The number of aliphatic hydroxyl groups excluding tert-OH is 1. The molecule has 1 heterocycles. The molecule has 1 aromatic carbocycles. The largest absolute Gasteiger partial charge is 0.485 e. The van der Waals surface area contributed by atoms with Crippen molar-refractivity contribution in [2.75, 3.05) is 6.54 Å². The van der Waals surface area contributed by atoms with Crippen LogP contribution < -0.4 is 10.5 Å². The molecule has 3 N–H and O–H groups in total. The molecule has 0 saturated carbocycles. The first-order chi connectivity index (χ1) is 10.9. The van der Waals surface area contributed by atoms with Gasteiger partial charge in [0.15, 0.2) is 6.19 Å². The number of guanidine groups is 1. The molecule has 1 aliphatic rings. The predicted octanol–water partition coefficient (Wildman–Crippen LogP) is 1.25. The normalized spacial score (nSPS) is 22.3. The fourth-order valence-corrected chi connectivity index (χ4v) is 2.61. The van der Waals surface area contributed by atoms with E-state index in [4.69, 9.17) is 15.7 Å². The summed E-state index contributed by atoms with van der Waals surface area (Å²) in [4.78, 5) is 5.21. The van der Waals surface area contributed by atoms with Gasteiger partial charge in [-0.1, -0.05) is 0 Å². The highest BCUT2D eigenvalue weighted by molar-refractivity contribution is 5.80. The molecule has 2 unspecified atom stereocenters. The molecule has 7 heteroatoms. The molecular weight excluding hydrogens is 294 g/mol. The molecule has 0 amide bonds. The lowest BCUT2D eigenvalue weighted by molar-refractivity contribution is -0.0751. The fraction of sp³-hybridized carbons (Fsp3) is 0.438. The number of nitrogens with two attached hydrogens (primary N) is 1. The molecule has 7 nitrogen and oxygen atoms in total. The number of aliphatic hydroxyl groups is 1. The summed E-state index contributed by atoms with van der Waals surface area (Å²) in [7, 11) is 0. The summed E-state index contributed by atoms with van der Waals surface area (Å²) in [6, 6.07) is 6.16. The van der Waals surface area contributed by atoms with E-state index in [-0.39, 0.29) is 5.96 Å². The summed E-state index contributed by atoms with van der Waals surface area (Å²) in [6.07, 6.45) is 0.949. The van der Waals surface area contributed by atoms with Crippen molar-refractivity contribution in [3.05, 3.63) is 29.3 Å². The Bertz CT molecular complexity index is 714. The van der Waals surface area contributed by atoms with Gasteiger partial charge in [0, 0.05) is 12.1 Å². The smallest absolute Gasteiger partial charge is 0.205 e. The molecule has 1 aliphatic heterocycles. The second kappa shape index (κ2) is 6.15. The van der Waals surface area contributed by atoms with Crippen LogP contribution in [0.3, 0.4) is 0 Å². The van der Waals surface area contributed by atoms with Gasteiger partial charge in [-0.25, -0.2) is 4.90 Å². The molecule has 0 fully saturated rings. The Morgan fingerprint density at radius 3 is 2.74 bits per heavy atom. The first-order valence-electron chi connectivity index (χ1n) is 7.25. The minimum Gasteiger partial charge on any atom is -0.485 e. The maximum atomic E-state index is 10.7. The molecule has 0 bridgehead atoms. The lowest BCUT2D eigenvalue weighted by atomic mass is 9.85. The first kappa shape index (κ1) is 16.6. The first-order valence-corrected chi connectivity index (χ1v) is 7.25. The number of aliphatic imine (C=N–C) groups is 1. The molecule has 120 valence electrons. The average Bonchev–Trinajstić information content (AvgIpc) is 2.51. The zero-order valence-electron chi connectivity index (χ0n) is 13.3. The van der Waals surface area contributed by atoms with Gasteiger partial charge in [0.1, 0.15) is 23.5 Å². The number of hydrogen-bond donors (Lipinski definition) is 2. The van der Waals surface area contributed by atoms with Crippen molar-refractivity contribution in [3.8, 4) is 18.0 Å². The predicted molar refractivity (Wildman–Crippen MR) is 84.2 cm³/mol. The average molecular weight is 313 g/mol. The van der Waals surface area contributed by atoms with E-state index >= 15 is 0 Å². The number of hydrogen-bond acceptors (Lipinski definition) is 5. The van der Waals surface area contributed by atoms with Crippen LogP contribution in [0.2, 0.25) is 0 Å². The van der Waals surface area contributed by atoms with Crippen molar-refractivity contribution in [2.45, 2.75) is 38.5 Å². The molecule has 0 aliphatic carbocycles. The van der Waals surface area contributed by atoms with E-state index in [0.717, 1.165) is 0 Å². The van der Waals surface area contributed by atoms with E-state index in [1.165, 1.54) is 4.90 Å². The molecule has 0 spiro atoms. The topological polar surface area (TPSA) is 119 Å². The van der Waals surface area contributed by atoms with E-state index in [0.29, 0.717) is 23.4 Å². The Balaban J connectivity index is 2.63. The third-order valence-corrected chi connectivity index (χ3v) is 3.79. The molecule has 2 rings (SSSR count). The Kier molecular flexibility index (Phi) is 4.44. The molecule has 1 aromatic rings. The Hall–Kier alpha value is -2.77. The number of benzene rings is 1. The van der Waals surface area contributed by atoms with Gasteiger partial charge in [0.25, 0.3) is 0 Å². The maximum absolute atomic E-state index is 10.7. The van der Waals surface area contributed by atoms with Crippen LogP contribution in [0.1, 0.15) is 37.9 Å². The van der Waals surface area contributed by atoms with Crippen LogP contribution in [-0.4, -0.2) is 34.2 Å². The third-order valence-electron chi connectivity index (χ3n) is 3.79. The highest BCUT2D eigenvalue weighted by Gasteiger charge is 2.46. The highest BCUT2D eigenvalue weighted by Crippen LogP contribution is 2.42. The summed E-state index contributed by atoms with van der Waals surface area (Å²) in [5.74, 6) is 0.527. The van der Waals surface area contributed by atoms with Crippen molar-refractivity contribution in [1.29, 1.82) is 10.5 Å². The summed E-state index contributed by atoms with van der Waals surface area (Å²) >= 11 is 0. The van der Waals surface area contributed by atoms with Gasteiger partial charge < -0.3 is 15.6 Å². The summed E-state index contributed by atoms with van der Waals surface area (Å²) < 4.78 is 5.82. The monoisotopic (exact) mass is 313 g/mol. The van der Waals surface area contributed by atoms with Crippen LogP contribution in [0, 0.1) is 22.8 Å². The quantitative estimate of drug-likeness (QED) is 0.367. The minimum atomic E-state index is -1.03. The van der Waals surface area contributed by atoms with Crippen molar-refractivity contribution in [2.24, 2.45) is 10.7 Å². The minimum absolute atomic E-state index is 0.0186. The highest BCUT2D eigenvalue weighted by atomic mass is 16.5. The lowest BCUT2D eigenvalue weighted by Gasteiger charge is -2.44. The van der Waals surface area contributed by atoms with Crippen LogP contribution in [0.25, 0.3) is 0 Å². The summed E-state index contributed by atoms with van der Waals surface area (Å²) in [5.41, 5.74) is 5.91. The number of rotatable bonds is 2. The standard InChI is InChI=1S/C16H19N5O2/c1-4-20-15(19)21(9-18)13-11-7-10(8-17)5-6-12(11)23-16(2,3)14(13)22/h5-7,13-14,22H,4H2,1-3H3,(H2,19,20). The number of fused-ring (bicyclic) bond motifs is 1. The van der Waals surface area contributed by atoms with Crippen LogP contribution in [0.15, 0.2) is 23.2 Å². The van der Waals surface area contributed by atoms with Gasteiger partial charge in [-0.05, 0) is 39.0 Å². The van der Waals surface area contributed by atoms with Crippen molar-refractivity contribution in [3.63, 3.8) is 0 Å². The van der Waals surface area contributed by atoms with Crippen LogP contribution in [-0.2, 0) is 0 Å². The van der Waals surface area contributed by atoms with Gasteiger partial charge in [-0.3, -0.25) is 4.99 Å². The summed E-state index contributed by atoms with van der Waals surface area (Å²) in [6.45, 7) is 5.68. The van der Waals surface area contributed by atoms with Crippen LogP contribution in [0.5, 0.6) is 5.75 Å². The van der Waals surface area contributed by atoms with Crippen molar-refractivity contribution in [1.82, 2.24) is 4.90 Å². The second-order valence-corrected chi connectivity index (χ2v) is 5.76. The van der Waals surface area contributed by atoms with Gasteiger partial charge >= 0.3 is 0 Å². The van der Waals surface area contributed by atoms with Crippen molar-refractivity contribution >= 4 is 5.96 Å². The lowest BCUT2D eigenvalue weighted by Crippen LogP contribution is -2.54. The Labute approximate surface area is 135 Å². The van der Waals surface area contributed by atoms with E-state index < -0.39 is 17.7 Å². The molecule has 0 radical (unpaired) electrons. The van der Waals surface area contributed by atoms with E-state index in [1.807, 2.05) is 12.3 Å². The van der Waals surface area contributed by atoms with Gasteiger partial charge in [0.05, 0.1) is 11.6 Å². The van der Waals surface area contributed by atoms with E-state index in [2.05, 4.69) is 4.99 Å². The van der Waals surface area contributed by atoms with E-state index in [9.17, 15) is 10.4 Å². The van der Waals surface area contributed by atoms with Crippen molar-refractivity contribution < 1.29 is 9.84 Å². The Morgan fingerprint density at radius 1 is 1.48 bits per heavy atom. The zero-order chi connectivity index (χ0) is 17.2. The molecular formula is C16H19N5O2. The third kappa shape index (κ3) is 2.92. The zero-order valence-corrected chi connectivity index (χ0v) is 13.3. The maximum Gasteiger partial charge on any atom is 0.205 e. The second-order valence-electron chi connectivity index (χ2n) is 5.76. The van der Waals surface area contributed by atoms with Gasteiger partial charge in [-0.15, -0.1) is 0 Å². The molecule has 0 aromatic heterocycles. The number of nitriles is 2. The SMILES string of the molecule is CCN=C(N)N(C#N)C1c2cc(C#N)ccc2OC(C)(C)C1O. The van der Waals surface area contributed by atoms with Crippen LogP contribution in [0.4, 0.5) is 0 Å².